The van der Waals surface area contributed by atoms with Crippen LogP contribution in [0.1, 0.15) is 19.3 Å². The Hall–Kier alpha value is -3.15. The lowest BCUT2D eigenvalue weighted by Gasteiger charge is -2.26. The van der Waals surface area contributed by atoms with Gasteiger partial charge in [0.05, 0.1) is 10.9 Å². The summed E-state index contributed by atoms with van der Waals surface area (Å²) in [5.41, 5.74) is 1.28. The number of H-pyrrole nitrogens is 1. The predicted molar refractivity (Wildman–Crippen MR) is 104 cm³/mol. The second kappa shape index (κ2) is 7.61. The number of rotatable bonds is 4. The van der Waals surface area contributed by atoms with Gasteiger partial charge in [-0.25, -0.2) is 4.98 Å². The summed E-state index contributed by atoms with van der Waals surface area (Å²) in [4.78, 5) is 33.6. The number of likely N-dealkylation sites (tertiary alicyclic amines) is 1. The number of aromatic nitrogens is 2. The van der Waals surface area contributed by atoms with E-state index in [1.54, 1.807) is 18.2 Å². The fraction of sp³-hybridized carbons (Fsp3) is 0.286. The van der Waals surface area contributed by atoms with Gasteiger partial charge in [0.25, 0.3) is 11.5 Å². The first kappa shape index (κ1) is 17.3. The Bertz CT molecular complexity index is 1010. The lowest BCUT2D eigenvalue weighted by atomic mass is 10.1. The molecule has 0 atom stereocenters. The van der Waals surface area contributed by atoms with E-state index >= 15 is 0 Å². The minimum Gasteiger partial charge on any atom is -0.484 e. The number of hydrogen-bond donors (Lipinski definition) is 1. The highest BCUT2D eigenvalue weighted by Crippen LogP contribution is 2.20. The molecule has 1 saturated heterocycles. The second-order valence-corrected chi connectivity index (χ2v) is 6.69. The first-order chi connectivity index (χ1) is 13.2. The van der Waals surface area contributed by atoms with Gasteiger partial charge in [0, 0.05) is 18.7 Å². The van der Waals surface area contributed by atoms with Gasteiger partial charge < -0.3 is 14.6 Å². The van der Waals surface area contributed by atoms with Gasteiger partial charge in [0.1, 0.15) is 11.6 Å². The van der Waals surface area contributed by atoms with Crippen LogP contribution in [0.2, 0.25) is 0 Å². The van der Waals surface area contributed by atoms with E-state index in [2.05, 4.69) is 9.97 Å². The third-order valence-corrected chi connectivity index (χ3v) is 4.81. The standard InChI is InChI=1S/C21H21N3O3/c25-19(24-12-4-1-5-13-24)14-27-16-10-8-15(9-11-16)20-22-18-7-3-2-6-17(18)21(26)23-20/h2-3,6-11H,1,4-5,12-14H2,(H,22,23,26). The Kier molecular flexibility index (Phi) is 4.87. The van der Waals surface area contributed by atoms with E-state index in [1.165, 1.54) is 6.42 Å². The van der Waals surface area contributed by atoms with E-state index in [0.717, 1.165) is 31.5 Å². The summed E-state index contributed by atoms with van der Waals surface area (Å²) in [6.07, 6.45) is 3.33. The van der Waals surface area contributed by atoms with Crippen LogP contribution in [-0.2, 0) is 4.79 Å². The zero-order valence-corrected chi connectivity index (χ0v) is 15.0. The molecule has 0 aliphatic carbocycles. The van der Waals surface area contributed by atoms with Crippen molar-refractivity contribution in [3.8, 4) is 17.1 Å². The maximum Gasteiger partial charge on any atom is 0.260 e. The van der Waals surface area contributed by atoms with Crippen molar-refractivity contribution in [3.63, 3.8) is 0 Å². The molecule has 1 fully saturated rings. The van der Waals surface area contributed by atoms with Gasteiger partial charge in [-0.1, -0.05) is 12.1 Å². The highest BCUT2D eigenvalue weighted by Gasteiger charge is 2.16. The van der Waals surface area contributed by atoms with E-state index in [1.807, 2.05) is 35.2 Å². The van der Waals surface area contributed by atoms with Gasteiger partial charge in [0.15, 0.2) is 6.61 Å². The molecule has 0 spiro atoms. The maximum atomic E-state index is 12.2. The number of benzene rings is 2. The lowest BCUT2D eigenvalue weighted by Crippen LogP contribution is -2.38. The van der Waals surface area contributed by atoms with Crippen molar-refractivity contribution in [2.24, 2.45) is 0 Å². The van der Waals surface area contributed by atoms with E-state index in [-0.39, 0.29) is 18.1 Å². The Morgan fingerprint density at radius 3 is 2.56 bits per heavy atom. The average molecular weight is 363 g/mol. The van der Waals surface area contributed by atoms with Crippen LogP contribution in [0, 0.1) is 0 Å². The number of carbonyl (C=O) groups excluding carboxylic acids is 1. The van der Waals surface area contributed by atoms with E-state index in [4.69, 9.17) is 4.74 Å². The van der Waals surface area contributed by atoms with Crippen LogP contribution in [0.5, 0.6) is 5.75 Å². The van der Waals surface area contributed by atoms with Gasteiger partial charge in [0.2, 0.25) is 0 Å². The second-order valence-electron chi connectivity index (χ2n) is 6.69. The van der Waals surface area contributed by atoms with Crippen LogP contribution >= 0.6 is 0 Å². The molecule has 1 aliphatic rings. The number of hydrogen-bond acceptors (Lipinski definition) is 4. The molecule has 1 amide bonds. The third-order valence-electron chi connectivity index (χ3n) is 4.81. The van der Waals surface area contributed by atoms with Crippen LogP contribution < -0.4 is 10.3 Å². The van der Waals surface area contributed by atoms with E-state index in [0.29, 0.717) is 22.5 Å². The van der Waals surface area contributed by atoms with Crippen LogP contribution in [0.3, 0.4) is 0 Å². The van der Waals surface area contributed by atoms with Crippen molar-refractivity contribution in [2.75, 3.05) is 19.7 Å². The fourth-order valence-corrected chi connectivity index (χ4v) is 3.31. The molecule has 1 aromatic heterocycles. The van der Waals surface area contributed by atoms with Gasteiger partial charge >= 0.3 is 0 Å². The monoisotopic (exact) mass is 363 g/mol. The van der Waals surface area contributed by atoms with E-state index in [9.17, 15) is 9.59 Å². The topological polar surface area (TPSA) is 75.3 Å². The van der Waals surface area contributed by atoms with Crippen molar-refractivity contribution in [3.05, 3.63) is 58.9 Å². The molecule has 3 aromatic rings. The van der Waals surface area contributed by atoms with Crippen LogP contribution in [0.15, 0.2) is 53.3 Å². The number of nitrogens with zero attached hydrogens (tertiary/aromatic N) is 2. The molecule has 0 radical (unpaired) electrons. The zero-order valence-electron chi connectivity index (χ0n) is 15.0. The summed E-state index contributed by atoms with van der Waals surface area (Å²) in [6.45, 7) is 1.69. The van der Waals surface area contributed by atoms with Crippen LogP contribution in [0.4, 0.5) is 0 Å². The predicted octanol–water partition coefficient (Wildman–Crippen LogP) is 2.98. The molecule has 27 heavy (non-hydrogen) atoms. The quantitative estimate of drug-likeness (QED) is 0.773. The number of amides is 1. The Labute approximate surface area is 156 Å². The summed E-state index contributed by atoms with van der Waals surface area (Å²) in [5, 5.41) is 0.567. The fourth-order valence-electron chi connectivity index (χ4n) is 3.31. The van der Waals surface area contributed by atoms with Gasteiger partial charge in [-0.3, -0.25) is 9.59 Å². The molecule has 0 saturated carbocycles. The minimum absolute atomic E-state index is 0.0271. The van der Waals surface area contributed by atoms with Crippen LogP contribution in [-0.4, -0.2) is 40.5 Å². The SMILES string of the molecule is O=C(COc1ccc(-c2nc3ccccc3c(=O)[nH]2)cc1)N1CCCCC1. The molecule has 138 valence electrons. The molecule has 6 nitrogen and oxygen atoms in total. The highest BCUT2D eigenvalue weighted by atomic mass is 16.5. The van der Waals surface area contributed by atoms with Gasteiger partial charge in [-0.2, -0.15) is 0 Å². The molecule has 2 heterocycles. The summed E-state index contributed by atoms with van der Waals surface area (Å²) in [7, 11) is 0. The Morgan fingerprint density at radius 2 is 1.78 bits per heavy atom. The molecular formula is C21H21N3O3. The number of aromatic amines is 1. The lowest BCUT2D eigenvalue weighted by molar-refractivity contribution is -0.134. The number of carbonyl (C=O) groups is 1. The molecule has 2 aromatic carbocycles. The summed E-state index contributed by atoms with van der Waals surface area (Å²) >= 11 is 0. The highest BCUT2D eigenvalue weighted by molar-refractivity contribution is 5.79. The smallest absolute Gasteiger partial charge is 0.260 e. The summed E-state index contributed by atoms with van der Waals surface area (Å²) < 4.78 is 5.62. The minimum atomic E-state index is -0.164. The molecular weight excluding hydrogens is 342 g/mol. The molecule has 1 aliphatic heterocycles. The number of ether oxygens (including phenoxy) is 1. The normalized spacial score (nSPS) is 14.3. The number of nitrogens with one attached hydrogen (secondary N) is 1. The number of para-hydroxylation sites is 1. The number of piperidine rings is 1. The third kappa shape index (κ3) is 3.84. The molecule has 1 N–H and O–H groups in total. The molecule has 6 heteroatoms. The molecule has 0 bridgehead atoms. The number of fused-ring (bicyclic) bond motifs is 1. The summed E-state index contributed by atoms with van der Waals surface area (Å²) in [5.74, 6) is 1.15. The van der Waals surface area contributed by atoms with Crippen LogP contribution in [0.25, 0.3) is 22.3 Å². The maximum absolute atomic E-state index is 12.2. The first-order valence-electron chi connectivity index (χ1n) is 9.21. The van der Waals surface area contributed by atoms with E-state index < -0.39 is 0 Å². The largest absolute Gasteiger partial charge is 0.484 e. The molecule has 4 rings (SSSR count). The zero-order chi connectivity index (χ0) is 18.6. The summed E-state index contributed by atoms with van der Waals surface area (Å²) in [6, 6.07) is 14.5. The molecule has 0 unspecified atom stereocenters. The van der Waals surface area contributed by atoms with Gasteiger partial charge in [-0.15, -0.1) is 0 Å². The van der Waals surface area contributed by atoms with Crippen molar-refractivity contribution in [1.82, 2.24) is 14.9 Å². The van der Waals surface area contributed by atoms with Crippen molar-refractivity contribution >= 4 is 16.8 Å². The first-order valence-corrected chi connectivity index (χ1v) is 9.21. The Balaban J connectivity index is 1.46. The van der Waals surface area contributed by atoms with Crippen molar-refractivity contribution < 1.29 is 9.53 Å². The van der Waals surface area contributed by atoms with Crippen molar-refractivity contribution in [1.29, 1.82) is 0 Å². The van der Waals surface area contributed by atoms with Crippen molar-refractivity contribution in [2.45, 2.75) is 19.3 Å². The van der Waals surface area contributed by atoms with Gasteiger partial charge in [-0.05, 0) is 55.7 Å². The Morgan fingerprint density at radius 1 is 1.04 bits per heavy atom. The average Bonchev–Trinajstić information content (AvgIpc) is 2.73.